The van der Waals surface area contributed by atoms with E-state index >= 15 is 0 Å². The molecule has 2 atom stereocenters. The Hall–Kier alpha value is -1.44. The number of guanidine groups is 1. The van der Waals surface area contributed by atoms with Crippen molar-refractivity contribution in [3.05, 3.63) is 0 Å². The molecule has 0 aromatic heterocycles. The summed E-state index contributed by atoms with van der Waals surface area (Å²) in [4.78, 5) is 25.0. The standard InChI is InChI=1S/C7H13N3O4S/c1-3(10-6(8)9)7(15,5(13)14)2-4(11)12/h3,15H,2H2,1H3,(H,11,12)(H,13,14)(H4,8,9,10). The normalized spacial score (nSPS) is 16.1. The van der Waals surface area contributed by atoms with Crippen molar-refractivity contribution in [2.24, 2.45) is 16.5 Å². The third-order valence-electron chi connectivity index (χ3n) is 1.82. The Bertz CT molecular complexity index is 303. The first-order valence-electron chi connectivity index (χ1n) is 3.96. The molecule has 7 nitrogen and oxygen atoms in total. The lowest BCUT2D eigenvalue weighted by Crippen LogP contribution is -2.45. The predicted octanol–water partition coefficient (Wildman–Crippen LogP) is -1.12. The molecule has 6 N–H and O–H groups in total. The SMILES string of the molecule is CC(N=C(N)N)C(S)(CC(=O)O)C(=O)O. The van der Waals surface area contributed by atoms with Crippen molar-refractivity contribution in [1.29, 1.82) is 0 Å². The number of nitrogens with two attached hydrogens (primary N) is 2. The maximum atomic E-state index is 10.9. The van der Waals surface area contributed by atoms with Crippen LogP contribution in [-0.2, 0) is 9.59 Å². The second-order valence-corrected chi connectivity index (χ2v) is 3.83. The summed E-state index contributed by atoms with van der Waals surface area (Å²) >= 11 is 3.82. The Morgan fingerprint density at radius 1 is 1.47 bits per heavy atom. The van der Waals surface area contributed by atoms with E-state index in [9.17, 15) is 9.59 Å². The lowest BCUT2D eigenvalue weighted by molar-refractivity contribution is -0.146. The molecule has 8 heteroatoms. The Balaban J connectivity index is 5.02. The Labute approximate surface area is 91.6 Å². The van der Waals surface area contributed by atoms with Crippen LogP contribution in [0.4, 0.5) is 0 Å². The van der Waals surface area contributed by atoms with E-state index in [0.717, 1.165) is 0 Å². The lowest BCUT2D eigenvalue weighted by atomic mass is 9.97. The fourth-order valence-electron chi connectivity index (χ4n) is 0.963. The molecule has 0 bridgehead atoms. The molecule has 86 valence electrons. The highest BCUT2D eigenvalue weighted by atomic mass is 32.1. The number of rotatable bonds is 5. The van der Waals surface area contributed by atoms with Crippen LogP contribution in [-0.4, -0.2) is 38.9 Å². The molecule has 15 heavy (non-hydrogen) atoms. The Morgan fingerprint density at radius 2 is 1.93 bits per heavy atom. The summed E-state index contributed by atoms with van der Waals surface area (Å²) in [5, 5.41) is 17.4. The third kappa shape index (κ3) is 3.66. The zero-order valence-electron chi connectivity index (χ0n) is 8.04. The van der Waals surface area contributed by atoms with Crippen molar-refractivity contribution >= 4 is 30.5 Å². The number of aliphatic carboxylic acids is 2. The highest BCUT2D eigenvalue weighted by Gasteiger charge is 2.42. The molecule has 0 saturated carbocycles. The average Bonchev–Trinajstić information content (AvgIpc) is 2.00. The van der Waals surface area contributed by atoms with Gasteiger partial charge in [0.15, 0.2) is 5.96 Å². The van der Waals surface area contributed by atoms with Crippen LogP contribution in [0.15, 0.2) is 4.99 Å². The van der Waals surface area contributed by atoms with Crippen LogP contribution in [0.1, 0.15) is 13.3 Å². The molecule has 0 aliphatic carbocycles. The molecule has 0 saturated heterocycles. The number of thiol groups is 1. The molecule has 2 unspecified atom stereocenters. The largest absolute Gasteiger partial charge is 0.481 e. The minimum Gasteiger partial charge on any atom is -0.481 e. The van der Waals surface area contributed by atoms with E-state index in [1.807, 2.05) is 0 Å². The summed E-state index contributed by atoms with van der Waals surface area (Å²) in [5.41, 5.74) is 10.1. The first-order valence-corrected chi connectivity index (χ1v) is 4.41. The van der Waals surface area contributed by atoms with Gasteiger partial charge < -0.3 is 21.7 Å². The van der Waals surface area contributed by atoms with Gasteiger partial charge in [-0.2, -0.15) is 12.6 Å². The van der Waals surface area contributed by atoms with E-state index < -0.39 is 29.1 Å². The van der Waals surface area contributed by atoms with Gasteiger partial charge in [0.05, 0.1) is 12.5 Å². The van der Waals surface area contributed by atoms with Crippen LogP contribution in [0, 0.1) is 0 Å². The summed E-state index contributed by atoms with van der Waals surface area (Å²) in [5.74, 6) is -2.98. The van der Waals surface area contributed by atoms with Crippen LogP contribution in [0.2, 0.25) is 0 Å². The van der Waals surface area contributed by atoms with Crippen LogP contribution >= 0.6 is 12.6 Å². The van der Waals surface area contributed by atoms with Gasteiger partial charge in [0, 0.05) is 0 Å². The fraction of sp³-hybridized carbons (Fsp3) is 0.571. The average molecular weight is 235 g/mol. The second kappa shape index (κ2) is 4.87. The van der Waals surface area contributed by atoms with Crippen molar-refractivity contribution in [1.82, 2.24) is 0 Å². The van der Waals surface area contributed by atoms with E-state index in [-0.39, 0.29) is 5.96 Å². The summed E-state index contributed by atoms with van der Waals surface area (Å²) < 4.78 is -1.82. The van der Waals surface area contributed by atoms with Crippen LogP contribution in [0.5, 0.6) is 0 Å². The lowest BCUT2D eigenvalue weighted by Gasteiger charge is -2.25. The topological polar surface area (TPSA) is 139 Å². The molecular weight excluding hydrogens is 222 g/mol. The first-order chi connectivity index (χ1) is 6.70. The molecule has 0 aliphatic heterocycles. The molecule has 0 heterocycles. The predicted molar refractivity (Wildman–Crippen MR) is 56.9 cm³/mol. The van der Waals surface area contributed by atoms with Crippen molar-refractivity contribution in [3.63, 3.8) is 0 Å². The van der Waals surface area contributed by atoms with Gasteiger partial charge in [-0.1, -0.05) is 0 Å². The monoisotopic (exact) mass is 235 g/mol. The van der Waals surface area contributed by atoms with Gasteiger partial charge in [-0.3, -0.25) is 9.59 Å². The molecule has 0 radical (unpaired) electrons. The van der Waals surface area contributed by atoms with Crippen molar-refractivity contribution in [2.75, 3.05) is 0 Å². The van der Waals surface area contributed by atoms with Crippen LogP contribution in [0.3, 0.4) is 0 Å². The van der Waals surface area contributed by atoms with Gasteiger partial charge in [-0.25, -0.2) is 4.99 Å². The zero-order chi connectivity index (χ0) is 12.2. The van der Waals surface area contributed by atoms with E-state index in [4.69, 9.17) is 21.7 Å². The molecule has 0 fully saturated rings. The molecule has 0 spiro atoms. The smallest absolute Gasteiger partial charge is 0.322 e. The van der Waals surface area contributed by atoms with Crippen molar-refractivity contribution in [3.8, 4) is 0 Å². The van der Waals surface area contributed by atoms with E-state index in [1.165, 1.54) is 6.92 Å². The molecule has 0 amide bonds. The van der Waals surface area contributed by atoms with Crippen LogP contribution in [0.25, 0.3) is 0 Å². The van der Waals surface area contributed by atoms with Gasteiger partial charge >= 0.3 is 11.9 Å². The van der Waals surface area contributed by atoms with E-state index in [1.54, 1.807) is 0 Å². The van der Waals surface area contributed by atoms with Gasteiger partial charge in [-0.05, 0) is 6.92 Å². The highest BCUT2D eigenvalue weighted by Crippen LogP contribution is 2.26. The highest BCUT2D eigenvalue weighted by molar-refractivity contribution is 7.82. The summed E-state index contributed by atoms with van der Waals surface area (Å²) in [7, 11) is 0. The maximum absolute atomic E-state index is 10.9. The Kier molecular flexibility index (Phi) is 4.40. The number of carboxylic acids is 2. The summed E-state index contributed by atoms with van der Waals surface area (Å²) in [6, 6.07) is -0.945. The van der Waals surface area contributed by atoms with Crippen LogP contribution < -0.4 is 11.5 Å². The molecular formula is C7H13N3O4S. The number of hydrogen-bond acceptors (Lipinski definition) is 4. The second-order valence-electron chi connectivity index (χ2n) is 3.03. The van der Waals surface area contributed by atoms with Crippen molar-refractivity contribution < 1.29 is 19.8 Å². The number of hydrogen-bond donors (Lipinski definition) is 5. The molecule has 0 aliphatic rings. The first kappa shape index (κ1) is 13.6. The third-order valence-corrected chi connectivity index (χ3v) is 2.55. The van der Waals surface area contributed by atoms with Crippen molar-refractivity contribution in [2.45, 2.75) is 24.1 Å². The maximum Gasteiger partial charge on any atom is 0.322 e. The molecule has 0 aromatic rings. The quantitative estimate of drug-likeness (QED) is 0.232. The van der Waals surface area contributed by atoms with E-state index in [2.05, 4.69) is 17.6 Å². The minimum absolute atomic E-state index is 0.312. The van der Waals surface area contributed by atoms with Gasteiger partial charge in [0.25, 0.3) is 0 Å². The van der Waals surface area contributed by atoms with Gasteiger partial charge in [-0.15, -0.1) is 0 Å². The zero-order valence-corrected chi connectivity index (χ0v) is 8.94. The van der Waals surface area contributed by atoms with Gasteiger partial charge in [0.2, 0.25) is 0 Å². The molecule has 0 aromatic carbocycles. The summed E-state index contributed by atoms with van der Waals surface area (Å²) in [6.07, 6.45) is -0.677. The van der Waals surface area contributed by atoms with Gasteiger partial charge in [0.1, 0.15) is 4.75 Å². The summed E-state index contributed by atoms with van der Waals surface area (Å²) in [6.45, 7) is 1.38. The Morgan fingerprint density at radius 3 is 2.20 bits per heavy atom. The fourth-order valence-corrected chi connectivity index (χ4v) is 1.16. The minimum atomic E-state index is -1.82. The number of carbonyl (C=O) groups is 2. The number of carboxylic acid groups (broad SMARTS) is 2. The number of nitrogens with zero attached hydrogens (tertiary/aromatic N) is 1. The molecule has 0 rings (SSSR count). The number of aliphatic imine (C=N–C) groups is 1. The van der Waals surface area contributed by atoms with E-state index in [0.29, 0.717) is 0 Å².